The van der Waals surface area contributed by atoms with E-state index in [1.54, 1.807) is 6.07 Å². The van der Waals surface area contributed by atoms with Crippen molar-refractivity contribution < 1.29 is 8.42 Å². The van der Waals surface area contributed by atoms with Crippen molar-refractivity contribution >= 4 is 36.5 Å². The Balaban J connectivity index is 1.70. The second kappa shape index (κ2) is 8.01. The highest BCUT2D eigenvalue weighted by molar-refractivity contribution is 9.10. The number of halogens is 1. The molecular weight excluding hydrogens is 564 g/mol. The number of hydrogen-bond acceptors (Lipinski definition) is 2. The molecule has 186 valence electrons. The van der Waals surface area contributed by atoms with Gasteiger partial charge in [0.1, 0.15) is 0 Å². The molecule has 0 N–H and O–H groups in total. The lowest BCUT2D eigenvalue weighted by Gasteiger charge is -2.43. The van der Waals surface area contributed by atoms with E-state index in [4.69, 9.17) is 0 Å². The third-order valence-corrected chi connectivity index (χ3v) is 10.8. The zero-order valence-corrected chi connectivity index (χ0v) is 23.1. The van der Waals surface area contributed by atoms with E-state index in [0.29, 0.717) is 9.79 Å². The molecule has 0 amide bonds. The average molecular weight is 586 g/mol. The second-order valence-electron chi connectivity index (χ2n) is 10.2. The summed E-state index contributed by atoms with van der Waals surface area (Å²) in [5.41, 5.74) is 7.34. The number of rotatable bonds is 0. The van der Waals surface area contributed by atoms with Gasteiger partial charge in [-0.05, 0) is 68.1 Å². The van der Waals surface area contributed by atoms with E-state index in [2.05, 4.69) is 88.7 Å². The van der Waals surface area contributed by atoms with Gasteiger partial charge in [0.2, 0.25) is 9.84 Å². The summed E-state index contributed by atoms with van der Waals surface area (Å²) in [4.78, 5) is 0.761. The molecule has 0 radical (unpaired) electrons. The van der Waals surface area contributed by atoms with E-state index in [-0.39, 0.29) is 0 Å². The van der Waals surface area contributed by atoms with E-state index < -0.39 is 15.3 Å². The second-order valence-corrected chi connectivity index (χ2v) is 13.0. The first-order valence-electron chi connectivity index (χ1n) is 12.9. The molecule has 8 rings (SSSR count). The van der Waals surface area contributed by atoms with Crippen molar-refractivity contribution in [3.05, 3.63) is 154 Å². The molecule has 2 aliphatic rings. The van der Waals surface area contributed by atoms with Crippen LogP contribution in [0.5, 0.6) is 0 Å². The van der Waals surface area contributed by atoms with E-state index in [9.17, 15) is 8.42 Å². The monoisotopic (exact) mass is 584 g/mol. The van der Waals surface area contributed by atoms with Crippen LogP contribution in [-0.2, 0) is 15.3 Å². The first-order chi connectivity index (χ1) is 19.0. The van der Waals surface area contributed by atoms with Gasteiger partial charge in [0.05, 0.1) is 15.2 Å². The molecule has 6 aromatic rings. The van der Waals surface area contributed by atoms with Gasteiger partial charge in [-0.1, -0.05) is 125 Å². The Morgan fingerprint density at radius 1 is 0.513 bits per heavy atom. The molecule has 0 saturated heterocycles. The number of hydrogen-bond donors (Lipinski definition) is 0. The lowest BCUT2D eigenvalue weighted by atomic mass is 9.63. The van der Waals surface area contributed by atoms with Crippen LogP contribution < -0.4 is 0 Å². The molecule has 1 atom stereocenters. The van der Waals surface area contributed by atoms with Crippen molar-refractivity contribution in [1.82, 2.24) is 0 Å². The highest BCUT2D eigenvalue weighted by Crippen LogP contribution is 2.60. The minimum absolute atomic E-state index is 0.364. The van der Waals surface area contributed by atoms with Gasteiger partial charge in [-0.2, -0.15) is 0 Å². The summed E-state index contributed by atoms with van der Waals surface area (Å²) in [6.45, 7) is 0. The minimum atomic E-state index is -3.81. The van der Waals surface area contributed by atoms with Crippen molar-refractivity contribution in [1.29, 1.82) is 0 Å². The lowest BCUT2D eigenvalue weighted by molar-refractivity contribution is 0.581. The van der Waals surface area contributed by atoms with E-state index in [1.165, 1.54) is 0 Å². The van der Waals surface area contributed by atoms with Crippen molar-refractivity contribution in [2.75, 3.05) is 0 Å². The molecule has 1 spiro atoms. The fourth-order valence-electron chi connectivity index (χ4n) is 6.88. The van der Waals surface area contributed by atoms with Gasteiger partial charge in [-0.25, -0.2) is 8.42 Å². The van der Waals surface area contributed by atoms with Crippen LogP contribution in [0, 0.1) is 0 Å². The number of sulfone groups is 1. The smallest absolute Gasteiger partial charge is 0.207 e. The van der Waals surface area contributed by atoms with Gasteiger partial charge in [-0.15, -0.1) is 0 Å². The topological polar surface area (TPSA) is 34.1 Å². The fraction of sp³-hybridized carbons (Fsp3) is 0.0286. The molecule has 1 heterocycles. The fourth-order valence-corrected chi connectivity index (χ4v) is 9.22. The van der Waals surface area contributed by atoms with E-state index in [0.717, 1.165) is 59.8 Å². The summed E-state index contributed by atoms with van der Waals surface area (Å²) in [5, 5.41) is 1.66. The summed E-state index contributed by atoms with van der Waals surface area (Å²) >= 11 is 3.73. The molecule has 6 aromatic carbocycles. The van der Waals surface area contributed by atoms with Crippen LogP contribution in [0.2, 0.25) is 0 Å². The molecule has 2 nitrogen and oxygen atoms in total. The summed E-state index contributed by atoms with van der Waals surface area (Å²) < 4.78 is 30.0. The maximum Gasteiger partial charge on any atom is 0.207 e. The normalized spacial score (nSPS) is 17.9. The van der Waals surface area contributed by atoms with Crippen molar-refractivity contribution in [2.24, 2.45) is 0 Å². The Bertz CT molecular complexity index is 2110. The highest BCUT2D eigenvalue weighted by Gasteiger charge is 2.52. The maximum atomic E-state index is 14.5. The van der Waals surface area contributed by atoms with Gasteiger partial charge in [0.15, 0.2) is 0 Å². The molecular formula is C35H21BrO2S. The Morgan fingerprint density at radius 2 is 1.10 bits per heavy atom. The van der Waals surface area contributed by atoms with Crippen LogP contribution in [0.25, 0.3) is 33.0 Å². The summed E-state index contributed by atoms with van der Waals surface area (Å²) in [5.74, 6) is 0. The first kappa shape index (κ1) is 22.9. The van der Waals surface area contributed by atoms with Crippen molar-refractivity contribution in [3.63, 3.8) is 0 Å². The lowest BCUT2D eigenvalue weighted by Crippen LogP contribution is -2.38. The molecule has 0 aromatic heterocycles. The zero-order chi connectivity index (χ0) is 26.4. The maximum absolute atomic E-state index is 14.5. The molecule has 4 heteroatoms. The summed E-state index contributed by atoms with van der Waals surface area (Å²) in [6, 6.07) is 42.9. The van der Waals surface area contributed by atoms with Crippen LogP contribution in [0.3, 0.4) is 0 Å². The Hall–Kier alpha value is -3.99. The predicted molar refractivity (Wildman–Crippen MR) is 160 cm³/mol. The van der Waals surface area contributed by atoms with E-state index in [1.807, 2.05) is 48.5 Å². The summed E-state index contributed by atoms with van der Waals surface area (Å²) in [6.07, 6.45) is 0. The Morgan fingerprint density at radius 3 is 1.92 bits per heavy atom. The predicted octanol–water partition coefficient (Wildman–Crippen LogP) is 8.78. The first-order valence-corrected chi connectivity index (χ1v) is 15.2. The third-order valence-electron chi connectivity index (χ3n) is 8.36. The van der Waals surface area contributed by atoms with Gasteiger partial charge >= 0.3 is 0 Å². The highest BCUT2D eigenvalue weighted by atomic mass is 79.9. The van der Waals surface area contributed by atoms with Crippen molar-refractivity contribution in [2.45, 2.75) is 15.2 Å². The van der Waals surface area contributed by atoms with Crippen LogP contribution in [-0.4, -0.2) is 8.42 Å². The molecule has 1 aliphatic carbocycles. The van der Waals surface area contributed by atoms with Crippen LogP contribution in [0.4, 0.5) is 0 Å². The van der Waals surface area contributed by atoms with Gasteiger partial charge < -0.3 is 0 Å². The van der Waals surface area contributed by atoms with Gasteiger partial charge in [0, 0.05) is 9.86 Å². The quantitative estimate of drug-likeness (QED) is 0.178. The van der Waals surface area contributed by atoms with E-state index >= 15 is 0 Å². The molecule has 1 unspecified atom stereocenters. The molecule has 0 saturated carbocycles. The molecule has 0 fully saturated rings. The SMILES string of the molecule is O=S1(=O)c2ccccc2C2(c3ccccc3-c3ccccc3-c3cc(Br)ccc32)c2ccc3ccccc3c21. The van der Waals surface area contributed by atoms with Gasteiger partial charge in [0.25, 0.3) is 0 Å². The largest absolute Gasteiger partial charge is 0.218 e. The van der Waals surface area contributed by atoms with Gasteiger partial charge in [-0.3, -0.25) is 0 Å². The summed E-state index contributed by atoms with van der Waals surface area (Å²) in [7, 11) is -3.81. The standard InChI is InChI=1S/C35H21BrO2S/c36-23-18-20-30-28(21-23)26-12-4-3-11-25(26)27-13-5-6-14-29(27)35(30)31-15-7-8-16-33(31)39(37,38)34-24-10-2-1-9-22(24)17-19-32(34)35/h1-21H. The van der Waals surface area contributed by atoms with Crippen LogP contribution in [0.1, 0.15) is 22.3 Å². The van der Waals surface area contributed by atoms with Crippen LogP contribution >= 0.6 is 15.9 Å². The average Bonchev–Trinajstić information content (AvgIpc) is 3.07. The number of benzene rings is 6. The Kier molecular flexibility index (Phi) is 4.71. The Labute approximate surface area is 235 Å². The minimum Gasteiger partial charge on any atom is -0.218 e. The third kappa shape index (κ3) is 2.88. The molecule has 1 aliphatic heterocycles. The number of fused-ring (bicyclic) bond motifs is 13. The van der Waals surface area contributed by atoms with Crippen LogP contribution in [0.15, 0.2) is 142 Å². The zero-order valence-electron chi connectivity index (χ0n) is 20.7. The molecule has 0 bridgehead atoms. The van der Waals surface area contributed by atoms with Crippen molar-refractivity contribution in [3.8, 4) is 22.3 Å². The molecule has 39 heavy (non-hydrogen) atoms.